The third-order valence-electron chi connectivity index (χ3n) is 3.21. The van der Waals surface area contributed by atoms with Gasteiger partial charge in [-0.15, -0.1) is 11.8 Å². The van der Waals surface area contributed by atoms with Gasteiger partial charge in [0.2, 0.25) is 0 Å². The van der Waals surface area contributed by atoms with Crippen LogP contribution in [0.3, 0.4) is 0 Å². The molecule has 1 atom stereocenters. The van der Waals surface area contributed by atoms with Crippen LogP contribution in [0.2, 0.25) is 0 Å². The van der Waals surface area contributed by atoms with Gasteiger partial charge in [0.25, 0.3) is 0 Å². The minimum atomic E-state index is -0.823. The van der Waals surface area contributed by atoms with Crippen molar-refractivity contribution in [2.24, 2.45) is 0 Å². The molecule has 1 heterocycles. The number of carboxylic acids is 1. The van der Waals surface area contributed by atoms with Crippen LogP contribution >= 0.6 is 0 Å². The normalized spacial score (nSPS) is 17.3. The zero-order valence-electron chi connectivity index (χ0n) is 11.5. The van der Waals surface area contributed by atoms with Crippen LogP contribution in [-0.4, -0.2) is 65.7 Å². The first kappa shape index (κ1) is 15.3. The lowest BCUT2D eigenvalue weighted by Gasteiger charge is -2.36. The maximum atomic E-state index is 11.8. The number of carbonyl (C=O) groups is 2. The number of amides is 2. The van der Waals surface area contributed by atoms with E-state index in [9.17, 15) is 9.59 Å². The van der Waals surface area contributed by atoms with Gasteiger partial charge < -0.3 is 15.3 Å². The maximum absolute atomic E-state index is 11.8. The first-order valence-electron chi connectivity index (χ1n) is 6.45. The molecule has 0 bridgehead atoms. The van der Waals surface area contributed by atoms with Gasteiger partial charge in [-0.3, -0.25) is 9.69 Å². The van der Waals surface area contributed by atoms with Crippen LogP contribution in [-0.2, 0) is 4.79 Å². The van der Waals surface area contributed by atoms with E-state index < -0.39 is 12.0 Å². The summed E-state index contributed by atoms with van der Waals surface area (Å²) in [6, 6.07) is -0.592. The number of hydrogen-bond acceptors (Lipinski definition) is 3. The van der Waals surface area contributed by atoms with E-state index in [1.807, 2.05) is 4.90 Å². The van der Waals surface area contributed by atoms with Crippen LogP contribution in [0.15, 0.2) is 0 Å². The van der Waals surface area contributed by atoms with Crippen LogP contribution in [0.4, 0.5) is 4.79 Å². The predicted octanol–water partition coefficient (Wildman–Crippen LogP) is 0.200. The SMILES string of the molecule is CC#CCCNC(=O)N1CCN(C(C)C(=O)O)CC1. The van der Waals surface area contributed by atoms with E-state index in [1.54, 1.807) is 18.7 Å². The molecule has 0 aromatic carbocycles. The van der Waals surface area contributed by atoms with Crippen molar-refractivity contribution in [2.45, 2.75) is 26.3 Å². The van der Waals surface area contributed by atoms with Gasteiger partial charge in [0.05, 0.1) is 0 Å². The molecule has 0 aliphatic carbocycles. The Bertz CT molecular complexity index is 378. The Balaban J connectivity index is 2.30. The van der Waals surface area contributed by atoms with Crippen molar-refractivity contribution in [1.82, 2.24) is 15.1 Å². The van der Waals surface area contributed by atoms with Crippen LogP contribution in [0.1, 0.15) is 20.3 Å². The van der Waals surface area contributed by atoms with Crippen LogP contribution < -0.4 is 5.32 Å². The lowest BCUT2D eigenvalue weighted by Crippen LogP contribution is -2.55. The van der Waals surface area contributed by atoms with Crippen LogP contribution in [0.5, 0.6) is 0 Å². The average Bonchev–Trinajstić information content (AvgIpc) is 2.42. The number of carbonyl (C=O) groups excluding carboxylic acids is 1. The summed E-state index contributed by atoms with van der Waals surface area (Å²) in [6.45, 7) is 6.29. The van der Waals surface area contributed by atoms with E-state index in [4.69, 9.17) is 5.11 Å². The van der Waals surface area contributed by atoms with Crippen molar-refractivity contribution in [3.63, 3.8) is 0 Å². The van der Waals surface area contributed by atoms with Crippen molar-refractivity contribution in [1.29, 1.82) is 0 Å². The van der Waals surface area contributed by atoms with Gasteiger partial charge in [-0.05, 0) is 13.8 Å². The monoisotopic (exact) mass is 267 g/mol. The second-order valence-corrected chi connectivity index (χ2v) is 4.45. The van der Waals surface area contributed by atoms with Gasteiger partial charge in [-0.1, -0.05) is 0 Å². The Kier molecular flexibility index (Phi) is 6.16. The highest BCUT2D eigenvalue weighted by molar-refractivity contribution is 5.75. The molecule has 1 fully saturated rings. The highest BCUT2D eigenvalue weighted by atomic mass is 16.4. The van der Waals surface area contributed by atoms with Crippen molar-refractivity contribution in [3.8, 4) is 11.8 Å². The molecule has 1 rings (SSSR count). The standard InChI is InChI=1S/C13H21N3O3/c1-3-4-5-6-14-13(19)16-9-7-15(8-10-16)11(2)12(17)18/h11H,5-10H2,1-2H3,(H,14,19)(H,17,18). The number of nitrogens with zero attached hydrogens (tertiary/aromatic N) is 2. The minimum Gasteiger partial charge on any atom is -0.480 e. The number of piperazine rings is 1. The molecular weight excluding hydrogens is 246 g/mol. The Morgan fingerprint density at radius 2 is 1.95 bits per heavy atom. The van der Waals surface area contributed by atoms with E-state index >= 15 is 0 Å². The molecule has 0 radical (unpaired) electrons. The predicted molar refractivity (Wildman–Crippen MR) is 71.7 cm³/mol. The topological polar surface area (TPSA) is 72.9 Å². The zero-order chi connectivity index (χ0) is 14.3. The highest BCUT2D eigenvalue weighted by Gasteiger charge is 2.26. The second-order valence-electron chi connectivity index (χ2n) is 4.45. The number of carboxylic acid groups (broad SMARTS) is 1. The maximum Gasteiger partial charge on any atom is 0.320 e. The third-order valence-corrected chi connectivity index (χ3v) is 3.21. The van der Waals surface area contributed by atoms with Gasteiger partial charge in [0.1, 0.15) is 6.04 Å². The van der Waals surface area contributed by atoms with E-state index in [-0.39, 0.29) is 6.03 Å². The molecule has 1 aliphatic rings. The molecule has 2 N–H and O–H groups in total. The molecule has 106 valence electrons. The third kappa shape index (κ3) is 4.79. The number of nitrogens with one attached hydrogen (secondary N) is 1. The van der Waals surface area contributed by atoms with Crippen molar-refractivity contribution >= 4 is 12.0 Å². The molecule has 1 saturated heterocycles. The lowest BCUT2D eigenvalue weighted by atomic mass is 10.2. The van der Waals surface area contributed by atoms with E-state index in [2.05, 4.69) is 17.2 Å². The highest BCUT2D eigenvalue weighted by Crippen LogP contribution is 2.06. The number of aliphatic carboxylic acids is 1. The summed E-state index contributed by atoms with van der Waals surface area (Å²) in [5.74, 6) is 4.83. The molecular formula is C13H21N3O3. The molecule has 0 aromatic rings. The number of hydrogen-bond donors (Lipinski definition) is 2. The Morgan fingerprint density at radius 1 is 1.32 bits per heavy atom. The van der Waals surface area contributed by atoms with Crippen molar-refractivity contribution in [2.75, 3.05) is 32.7 Å². The fourth-order valence-electron chi connectivity index (χ4n) is 1.94. The molecule has 19 heavy (non-hydrogen) atoms. The smallest absolute Gasteiger partial charge is 0.320 e. The lowest BCUT2D eigenvalue weighted by molar-refractivity contribution is -0.143. The van der Waals surface area contributed by atoms with Crippen molar-refractivity contribution < 1.29 is 14.7 Å². The Labute approximate surface area is 113 Å². The summed E-state index contributed by atoms with van der Waals surface area (Å²) in [5, 5.41) is 11.7. The van der Waals surface area contributed by atoms with E-state index in [1.165, 1.54) is 0 Å². The Hall–Kier alpha value is -1.74. The summed E-state index contributed by atoms with van der Waals surface area (Å²) in [5.41, 5.74) is 0. The van der Waals surface area contributed by atoms with Crippen molar-refractivity contribution in [3.05, 3.63) is 0 Å². The largest absolute Gasteiger partial charge is 0.480 e. The molecule has 0 aromatic heterocycles. The molecule has 6 nitrogen and oxygen atoms in total. The van der Waals surface area contributed by atoms with Crippen LogP contribution in [0, 0.1) is 11.8 Å². The quantitative estimate of drug-likeness (QED) is 0.564. The number of urea groups is 1. The zero-order valence-corrected chi connectivity index (χ0v) is 11.5. The summed E-state index contributed by atoms with van der Waals surface area (Å²) >= 11 is 0. The van der Waals surface area contributed by atoms with Crippen LogP contribution in [0.25, 0.3) is 0 Å². The molecule has 1 unspecified atom stereocenters. The van der Waals surface area contributed by atoms with Gasteiger partial charge in [0, 0.05) is 39.1 Å². The molecule has 1 aliphatic heterocycles. The molecule has 2 amide bonds. The van der Waals surface area contributed by atoms with Gasteiger partial charge in [-0.2, -0.15) is 0 Å². The summed E-state index contributed by atoms with van der Waals surface area (Å²) in [7, 11) is 0. The molecule has 0 spiro atoms. The van der Waals surface area contributed by atoms with Gasteiger partial charge in [-0.25, -0.2) is 4.79 Å². The summed E-state index contributed by atoms with van der Waals surface area (Å²) in [4.78, 5) is 26.3. The summed E-state index contributed by atoms with van der Waals surface area (Å²) in [6.07, 6.45) is 0.651. The molecule has 6 heteroatoms. The van der Waals surface area contributed by atoms with E-state index in [0.717, 1.165) is 0 Å². The first-order valence-corrected chi connectivity index (χ1v) is 6.45. The fraction of sp³-hybridized carbons (Fsp3) is 0.692. The summed E-state index contributed by atoms with van der Waals surface area (Å²) < 4.78 is 0. The Morgan fingerprint density at radius 3 is 2.47 bits per heavy atom. The number of rotatable bonds is 4. The second kappa shape index (κ2) is 7.64. The minimum absolute atomic E-state index is 0.0967. The van der Waals surface area contributed by atoms with E-state index in [0.29, 0.717) is 39.1 Å². The van der Waals surface area contributed by atoms with Gasteiger partial charge in [0.15, 0.2) is 0 Å². The fourth-order valence-corrected chi connectivity index (χ4v) is 1.94. The first-order chi connectivity index (χ1) is 9.06. The average molecular weight is 267 g/mol. The van der Waals surface area contributed by atoms with Gasteiger partial charge >= 0.3 is 12.0 Å². The molecule has 0 saturated carbocycles.